The molecule has 2 aromatic rings. The van der Waals surface area contributed by atoms with Gasteiger partial charge in [-0.3, -0.25) is 0 Å². The molecular formula is C25H29F2IO2. The first kappa shape index (κ1) is 22.9. The highest BCUT2D eigenvalue weighted by atomic mass is 127. The van der Waals surface area contributed by atoms with E-state index in [1.165, 1.54) is 27.8 Å². The predicted molar refractivity (Wildman–Crippen MR) is 131 cm³/mol. The molecule has 0 heterocycles. The van der Waals surface area contributed by atoms with E-state index in [0.717, 1.165) is 25.0 Å². The molecule has 3 rings (SSSR count). The fraction of sp³-hybridized carbons (Fsp3) is 0.400. The van der Waals surface area contributed by atoms with Crippen LogP contribution in [0.4, 0.5) is 8.78 Å². The number of ether oxygens (including phenoxy) is 2. The van der Waals surface area contributed by atoms with Crippen molar-refractivity contribution in [3.05, 3.63) is 58.7 Å². The highest BCUT2D eigenvalue weighted by Crippen LogP contribution is 2.34. The number of rotatable bonds is 9. The van der Waals surface area contributed by atoms with Crippen LogP contribution in [0, 0.1) is 6.92 Å². The van der Waals surface area contributed by atoms with Crippen molar-refractivity contribution in [3.63, 3.8) is 0 Å². The molecular weight excluding hydrogens is 497 g/mol. The lowest BCUT2D eigenvalue weighted by Gasteiger charge is -2.16. The molecule has 0 atom stereocenters. The summed E-state index contributed by atoms with van der Waals surface area (Å²) in [4.78, 5) is 0. The zero-order chi connectivity index (χ0) is 21.6. The smallest absolute Gasteiger partial charge is 0.252 e. The number of benzene rings is 2. The molecule has 1 aliphatic rings. The molecule has 1 aliphatic carbocycles. The molecule has 30 heavy (non-hydrogen) atoms. The van der Waals surface area contributed by atoms with Gasteiger partial charge in [-0.1, -0.05) is 22.7 Å². The Bertz CT molecular complexity index is 921. The number of allylic oxidation sites excluding steroid dienone is 1. The van der Waals surface area contributed by atoms with Gasteiger partial charge in [0.2, 0.25) is 0 Å². The van der Waals surface area contributed by atoms with Crippen molar-refractivity contribution in [1.82, 2.24) is 0 Å². The van der Waals surface area contributed by atoms with Gasteiger partial charge in [0.05, 0.1) is 13.7 Å². The van der Waals surface area contributed by atoms with Crippen LogP contribution < -0.4 is 9.47 Å². The van der Waals surface area contributed by atoms with Crippen LogP contribution in [0.1, 0.15) is 47.9 Å². The number of hydrogen-bond acceptors (Lipinski definition) is 2. The van der Waals surface area contributed by atoms with Crippen molar-refractivity contribution in [2.24, 2.45) is 0 Å². The third-order valence-electron chi connectivity index (χ3n) is 5.45. The number of aryl methyl sites for hydroxylation is 2. The van der Waals surface area contributed by atoms with E-state index in [1.54, 1.807) is 7.11 Å². The molecule has 0 spiro atoms. The molecule has 0 radical (unpaired) electrons. The van der Waals surface area contributed by atoms with Gasteiger partial charge >= 0.3 is 0 Å². The van der Waals surface area contributed by atoms with Crippen LogP contribution in [0.2, 0.25) is 0 Å². The van der Waals surface area contributed by atoms with Crippen molar-refractivity contribution >= 4 is 36.9 Å². The zero-order valence-electron chi connectivity index (χ0n) is 17.6. The standard InChI is InChI=1S/C25H29F2IO2/c1-18-15-22(29-3)9-10-24(18)21-6-4-5-19-17-23(8-7-20(19)16-21)30-14-12-25(26,27)11-13-28-2/h7-10,15-17H,2,4-6,11-14H2,1,3H3. The summed E-state index contributed by atoms with van der Waals surface area (Å²) in [5.74, 6) is -1.12. The minimum atomic E-state index is -2.66. The first-order valence-corrected chi connectivity index (χ1v) is 13.3. The second-order valence-electron chi connectivity index (χ2n) is 7.65. The Balaban J connectivity index is 1.71. The Labute approximate surface area is 188 Å². The van der Waals surface area contributed by atoms with Crippen LogP contribution in [-0.4, -0.2) is 28.6 Å². The molecule has 0 aliphatic heterocycles. The van der Waals surface area contributed by atoms with E-state index >= 15 is 0 Å². The SMILES string of the molecule is C=ICCC(F)(F)CCOc1ccc2c(c1)CCCC(c1ccc(OC)cc1C)=C2. The molecule has 0 aromatic heterocycles. The van der Waals surface area contributed by atoms with E-state index < -0.39 is 5.92 Å². The Hall–Kier alpha value is -1.76. The highest BCUT2D eigenvalue weighted by Gasteiger charge is 2.27. The fourth-order valence-electron chi connectivity index (χ4n) is 3.74. The van der Waals surface area contributed by atoms with E-state index in [0.29, 0.717) is 10.2 Å². The van der Waals surface area contributed by atoms with Gasteiger partial charge in [0, 0.05) is 12.8 Å². The van der Waals surface area contributed by atoms with Crippen molar-refractivity contribution < 1.29 is 18.3 Å². The van der Waals surface area contributed by atoms with Crippen LogP contribution in [-0.2, 0) is 6.42 Å². The van der Waals surface area contributed by atoms with Crippen molar-refractivity contribution in [2.75, 3.05) is 18.1 Å². The van der Waals surface area contributed by atoms with Crippen LogP contribution in [0.5, 0.6) is 11.5 Å². The molecule has 0 N–H and O–H groups in total. The summed E-state index contributed by atoms with van der Waals surface area (Å²) in [6.45, 7) is 2.14. The average Bonchev–Trinajstić information content (AvgIpc) is 2.94. The van der Waals surface area contributed by atoms with E-state index in [-0.39, 0.29) is 40.2 Å². The Kier molecular flexibility index (Phi) is 8.03. The summed E-state index contributed by atoms with van der Waals surface area (Å²) in [6.07, 6.45) is 4.92. The molecule has 0 saturated heterocycles. The number of fused-ring (bicyclic) bond motifs is 1. The maximum Gasteiger partial charge on any atom is 0.252 e. The summed E-state index contributed by atoms with van der Waals surface area (Å²) < 4.78 is 42.9. The second kappa shape index (κ2) is 10.5. The van der Waals surface area contributed by atoms with Gasteiger partial charge in [-0.15, -0.1) is 20.7 Å². The molecule has 0 saturated carbocycles. The normalized spacial score (nSPS) is 13.9. The van der Waals surface area contributed by atoms with E-state index in [1.807, 2.05) is 24.3 Å². The summed E-state index contributed by atoms with van der Waals surface area (Å²) in [6, 6.07) is 12.1. The van der Waals surface area contributed by atoms with E-state index in [4.69, 9.17) is 9.47 Å². The first-order valence-electron chi connectivity index (χ1n) is 10.2. The molecule has 2 nitrogen and oxygen atoms in total. The molecule has 5 heteroatoms. The number of hydrogen-bond donors (Lipinski definition) is 0. The lowest BCUT2D eigenvalue weighted by Crippen LogP contribution is -2.20. The van der Waals surface area contributed by atoms with Gasteiger partial charge < -0.3 is 9.47 Å². The van der Waals surface area contributed by atoms with Gasteiger partial charge in [0.25, 0.3) is 5.92 Å². The maximum absolute atomic E-state index is 13.8. The third kappa shape index (κ3) is 6.13. The van der Waals surface area contributed by atoms with E-state index in [2.05, 4.69) is 29.6 Å². The lowest BCUT2D eigenvalue weighted by molar-refractivity contribution is -0.0201. The molecule has 162 valence electrons. The molecule has 0 amide bonds. The van der Waals surface area contributed by atoms with Crippen LogP contribution in [0.15, 0.2) is 36.4 Å². The average molecular weight is 526 g/mol. The minimum absolute atomic E-state index is 0.0351. The van der Waals surface area contributed by atoms with Crippen molar-refractivity contribution in [1.29, 1.82) is 0 Å². The summed E-state index contributed by atoms with van der Waals surface area (Å²) in [5, 5.41) is 0. The summed E-state index contributed by atoms with van der Waals surface area (Å²) in [5.41, 5.74) is 6.15. The number of methoxy groups -OCH3 is 1. The zero-order valence-corrected chi connectivity index (χ0v) is 19.8. The largest absolute Gasteiger partial charge is 0.497 e. The van der Waals surface area contributed by atoms with Gasteiger partial charge in [-0.05, 0) is 82.7 Å². The van der Waals surface area contributed by atoms with Crippen LogP contribution >= 0.6 is 20.7 Å². The maximum atomic E-state index is 13.8. The number of alkyl halides is 3. The highest BCUT2D eigenvalue weighted by molar-refractivity contribution is 14.2. The third-order valence-corrected chi connectivity index (χ3v) is 6.75. The summed E-state index contributed by atoms with van der Waals surface area (Å²) >= 11 is -0.336. The first-order chi connectivity index (χ1) is 14.4. The fourth-order valence-corrected chi connectivity index (χ4v) is 4.91. The predicted octanol–water partition coefficient (Wildman–Crippen LogP) is 7.08. The Morgan fingerprint density at radius 3 is 2.60 bits per heavy atom. The van der Waals surface area contributed by atoms with Gasteiger partial charge in [0.15, 0.2) is 0 Å². The van der Waals surface area contributed by atoms with Gasteiger partial charge in [-0.2, -0.15) is 0 Å². The molecule has 0 bridgehead atoms. The van der Waals surface area contributed by atoms with Gasteiger partial charge in [-0.25, -0.2) is 8.78 Å². The van der Waals surface area contributed by atoms with Crippen molar-refractivity contribution in [2.45, 2.75) is 45.0 Å². The van der Waals surface area contributed by atoms with Gasteiger partial charge in [0.1, 0.15) is 11.5 Å². The minimum Gasteiger partial charge on any atom is -0.497 e. The Morgan fingerprint density at radius 1 is 1.07 bits per heavy atom. The lowest BCUT2D eigenvalue weighted by atomic mass is 9.96. The topological polar surface area (TPSA) is 18.5 Å². The van der Waals surface area contributed by atoms with Crippen LogP contribution in [0.3, 0.4) is 0 Å². The monoisotopic (exact) mass is 526 g/mol. The molecule has 0 fully saturated rings. The second-order valence-corrected chi connectivity index (χ2v) is 9.80. The summed E-state index contributed by atoms with van der Waals surface area (Å²) in [7, 11) is 1.68. The van der Waals surface area contributed by atoms with Crippen LogP contribution in [0.25, 0.3) is 11.6 Å². The number of halogens is 3. The Morgan fingerprint density at radius 2 is 1.87 bits per heavy atom. The van der Waals surface area contributed by atoms with Crippen molar-refractivity contribution in [3.8, 4) is 11.5 Å². The van der Waals surface area contributed by atoms with E-state index in [9.17, 15) is 8.78 Å². The molecule has 2 aromatic carbocycles. The molecule has 0 unspecified atom stereocenters. The quantitative estimate of drug-likeness (QED) is 0.257.